The lowest BCUT2D eigenvalue weighted by molar-refractivity contribution is -0.207. The summed E-state index contributed by atoms with van der Waals surface area (Å²) >= 11 is 0. The highest BCUT2D eigenvalue weighted by molar-refractivity contribution is 5.74. The Morgan fingerprint density at radius 3 is 2.50 bits per heavy atom. The molecule has 0 saturated carbocycles. The largest absolute Gasteiger partial charge is 0.416 e. The molecule has 0 spiro atoms. The number of fused-ring (bicyclic) bond motifs is 1. The number of aliphatic hydroxyl groups excluding tert-OH is 1. The molecule has 1 atom stereocenters. The second-order valence-electron chi connectivity index (χ2n) is 5.03. The molecule has 2 aromatic heterocycles. The zero-order valence-electron chi connectivity index (χ0n) is 11.9. The van der Waals surface area contributed by atoms with Crippen LogP contribution in [0.4, 0.5) is 17.6 Å². The summed E-state index contributed by atoms with van der Waals surface area (Å²) in [7, 11) is 0. The first-order chi connectivity index (χ1) is 11.3. The molecule has 0 bridgehead atoms. The first-order valence-corrected chi connectivity index (χ1v) is 6.71. The molecule has 1 aromatic carbocycles. The quantitative estimate of drug-likeness (QED) is 0.735. The minimum atomic E-state index is -4.84. The smallest absolute Gasteiger partial charge is 0.382 e. The standard InChI is InChI=1S/C14H10F4N4O2/c15-8-1-3-9(4-2-8)22-12-10(5-20-22)13(24)21(7-19-12)6-11(23)14(16,17)18/h1-5,7,11,23H,6H2/t11-/m0/s1. The summed E-state index contributed by atoms with van der Waals surface area (Å²) in [5.74, 6) is -0.452. The van der Waals surface area contributed by atoms with Crippen LogP contribution < -0.4 is 5.56 Å². The van der Waals surface area contributed by atoms with Crippen LogP contribution in [0.15, 0.2) is 41.6 Å². The van der Waals surface area contributed by atoms with E-state index in [4.69, 9.17) is 5.11 Å². The number of hydrogen-bond acceptors (Lipinski definition) is 4. The Morgan fingerprint density at radius 2 is 1.88 bits per heavy atom. The predicted octanol–water partition coefficient (Wildman–Crippen LogP) is 1.64. The molecule has 0 aliphatic heterocycles. The van der Waals surface area contributed by atoms with Crippen molar-refractivity contribution < 1.29 is 22.7 Å². The number of aliphatic hydroxyl groups is 1. The Hall–Kier alpha value is -2.75. The van der Waals surface area contributed by atoms with E-state index < -0.39 is 30.2 Å². The van der Waals surface area contributed by atoms with E-state index in [-0.39, 0.29) is 11.0 Å². The van der Waals surface area contributed by atoms with Gasteiger partial charge in [0.25, 0.3) is 5.56 Å². The van der Waals surface area contributed by atoms with Gasteiger partial charge in [0.15, 0.2) is 11.8 Å². The minimum Gasteiger partial charge on any atom is -0.382 e. The van der Waals surface area contributed by atoms with Gasteiger partial charge < -0.3 is 5.11 Å². The summed E-state index contributed by atoms with van der Waals surface area (Å²) in [6.45, 7) is -0.965. The van der Waals surface area contributed by atoms with Gasteiger partial charge in [-0.05, 0) is 24.3 Å². The summed E-state index contributed by atoms with van der Waals surface area (Å²) < 4.78 is 52.1. The first kappa shape index (κ1) is 16.1. The molecule has 10 heteroatoms. The van der Waals surface area contributed by atoms with Crippen molar-refractivity contribution in [1.29, 1.82) is 0 Å². The fourth-order valence-electron chi connectivity index (χ4n) is 2.14. The van der Waals surface area contributed by atoms with Gasteiger partial charge in [-0.25, -0.2) is 14.1 Å². The highest BCUT2D eigenvalue weighted by atomic mass is 19.4. The van der Waals surface area contributed by atoms with Gasteiger partial charge in [-0.3, -0.25) is 9.36 Å². The van der Waals surface area contributed by atoms with E-state index in [1.54, 1.807) is 0 Å². The summed E-state index contributed by atoms with van der Waals surface area (Å²) in [6.07, 6.45) is -5.46. The lowest BCUT2D eigenvalue weighted by atomic mass is 10.3. The van der Waals surface area contributed by atoms with Crippen LogP contribution in [0, 0.1) is 5.82 Å². The Bertz CT molecular complexity index is 931. The van der Waals surface area contributed by atoms with Crippen molar-refractivity contribution in [1.82, 2.24) is 19.3 Å². The number of hydrogen-bond donors (Lipinski definition) is 1. The van der Waals surface area contributed by atoms with Crippen molar-refractivity contribution in [2.24, 2.45) is 0 Å². The van der Waals surface area contributed by atoms with E-state index in [2.05, 4.69) is 10.1 Å². The lowest BCUT2D eigenvalue weighted by Crippen LogP contribution is -2.36. The van der Waals surface area contributed by atoms with Crippen LogP contribution in [0.2, 0.25) is 0 Å². The maximum Gasteiger partial charge on any atom is 0.416 e. The number of aromatic nitrogens is 4. The van der Waals surface area contributed by atoms with E-state index in [1.807, 2.05) is 0 Å². The number of benzene rings is 1. The third-order valence-corrected chi connectivity index (χ3v) is 3.37. The average Bonchev–Trinajstić information content (AvgIpc) is 2.94. The van der Waals surface area contributed by atoms with Gasteiger partial charge in [-0.15, -0.1) is 0 Å². The third kappa shape index (κ3) is 2.87. The van der Waals surface area contributed by atoms with Crippen molar-refractivity contribution >= 4 is 11.0 Å². The molecule has 0 amide bonds. The second-order valence-corrected chi connectivity index (χ2v) is 5.03. The Morgan fingerprint density at radius 1 is 1.21 bits per heavy atom. The summed E-state index contributed by atoms with van der Waals surface area (Å²) in [4.78, 5) is 16.1. The van der Waals surface area contributed by atoms with Crippen LogP contribution in [-0.4, -0.2) is 36.7 Å². The molecule has 0 unspecified atom stereocenters. The molecule has 6 nitrogen and oxygen atoms in total. The number of rotatable bonds is 3. The summed E-state index contributed by atoms with van der Waals surface area (Å²) in [5, 5.41) is 13.0. The molecular formula is C14H10F4N4O2. The van der Waals surface area contributed by atoms with Gasteiger partial charge in [0.2, 0.25) is 0 Å². The SMILES string of the molecule is O=c1c2cnn(-c3ccc(F)cc3)c2ncn1C[C@H](O)C(F)(F)F. The molecule has 2 heterocycles. The summed E-state index contributed by atoms with van der Waals surface area (Å²) in [5.41, 5.74) is -0.215. The average molecular weight is 342 g/mol. The van der Waals surface area contributed by atoms with Crippen molar-refractivity contribution in [3.63, 3.8) is 0 Å². The van der Waals surface area contributed by atoms with Crippen LogP contribution in [0.5, 0.6) is 0 Å². The van der Waals surface area contributed by atoms with Crippen molar-refractivity contribution in [2.75, 3.05) is 0 Å². The van der Waals surface area contributed by atoms with Gasteiger partial charge in [0.1, 0.15) is 17.5 Å². The van der Waals surface area contributed by atoms with Gasteiger partial charge in [-0.1, -0.05) is 0 Å². The van der Waals surface area contributed by atoms with E-state index in [0.717, 1.165) is 12.5 Å². The highest BCUT2D eigenvalue weighted by Crippen LogP contribution is 2.21. The number of alkyl halides is 3. The molecule has 3 aromatic rings. The van der Waals surface area contributed by atoms with Gasteiger partial charge >= 0.3 is 6.18 Å². The fraction of sp³-hybridized carbons (Fsp3) is 0.214. The zero-order chi connectivity index (χ0) is 17.5. The normalized spacial score (nSPS) is 13.4. The van der Waals surface area contributed by atoms with Crippen molar-refractivity contribution in [3.05, 3.63) is 53.0 Å². The predicted molar refractivity (Wildman–Crippen MR) is 75.1 cm³/mol. The monoisotopic (exact) mass is 342 g/mol. The Kier molecular flexibility index (Phi) is 3.84. The van der Waals surface area contributed by atoms with E-state index >= 15 is 0 Å². The molecule has 24 heavy (non-hydrogen) atoms. The van der Waals surface area contributed by atoms with Crippen LogP contribution >= 0.6 is 0 Å². The van der Waals surface area contributed by atoms with Crippen LogP contribution in [0.3, 0.4) is 0 Å². The van der Waals surface area contributed by atoms with Crippen LogP contribution in [-0.2, 0) is 6.54 Å². The molecule has 126 valence electrons. The van der Waals surface area contributed by atoms with Crippen molar-refractivity contribution in [2.45, 2.75) is 18.8 Å². The maximum atomic E-state index is 13.0. The minimum absolute atomic E-state index is 0.0174. The van der Waals surface area contributed by atoms with E-state index in [1.165, 1.54) is 28.9 Å². The van der Waals surface area contributed by atoms with Crippen molar-refractivity contribution in [3.8, 4) is 5.69 Å². The second kappa shape index (κ2) is 5.71. The zero-order valence-corrected chi connectivity index (χ0v) is 11.9. The topological polar surface area (TPSA) is 72.9 Å². The number of halogens is 4. The third-order valence-electron chi connectivity index (χ3n) is 3.37. The molecule has 0 aliphatic carbocycles. The van der Waals surface area contributed by atoms with Crippen LogP contribution in [0.1, 0.15) is 0 Å². The van der Waals surface area contributed by atoms with E-state index in [9.17, 15) is 22.4 Å². The van der Waals surface area contributed by atoms with Gasteiger partial charge in [0, 0.05) is 0 Å². The molecular weight excluding hydrogens is 332 g/mol. The number of nitrogens with zero attached hydrogens (tertiary/aromatic N) is 4. The van der Waals surface area contributed by atoms with Crippen LogP contribution in [0.25, 0.3) is 16.7 Å². The molecule has 3 rings (SSSR count). The highest BCUT2D eigenvalue weighted by Gasteiger charge is 2.38. The van der Waals surface area contributed by atoms with Gasteiger partial charge in [-0.2, -0.15) is 18.3 Å². The molecule has 0 radical (unpaired) electrons. The lowest BCUT2D eigenvalue weighted by Gasteiger charge is -2.15. The fourth-order valence-corrected chi connectivity index (χ4v) is 2.14. The van der Waals surface area contributed by atoms with E-state index in [0.29, 0.717) is 10.3 Å². The molecule has 0 fully saturated rings. The molecule has 1 N–H and O–H groups in total. The maximum absolute atomic E-state index is 13.0. The summed E-state index contributed by atoms with van der Waals surface area (Å²) in [6, 6.07) is 5.23. The Labute approximate surface area is 131 Å². The first-order valence-electron chi connectivity index (χ1n) is 6.71. The molecule has 0 aliphatic rings. The van der Waals surface area contributed by atoms with Gasteiger partial charge in [0.05, 0.1) is 18.4 Å². The Balaban J connectivity index is 2.03. The molecule has 0 saturated heterocycles.